The van der Waals surface area contributed by atoms with Gasteiger partial charge in [0.05, 0.1) is 12.6 Å². The number of amides is 3. The van der Waals surface area contributed by atoms with Crippen LogP contribution < -0.4 is 21.7 Å². The molecular weight excluding hydrogens is 448 g/mol. The molecule has 0 radical (unpaired) electrons. The summed E-state index contributed by atoms with van der Waals surface area (Å²) in [4.78, 5) is 48.7. The highest BCUT2D eigenvalue weighted by molar-refractivity contribution is 7.98. The van der Waals surface area contributed by atoms with Gasteiger partial charge in [0.15, 0.2) is 0 Å². The number of carbonyl (C=O) groups is 4. The van der Waals surface area contributed by atoms with E-state index in [0.29, 0.717) is 24.2 Å². The van der Waals surface area contributed by atoms with Gasteiger partial charge in [-0.05, 0) is 48.5 Å². The Labute approximate surface area is 198 Å². The summed E-state index contributed by atoms with van der Waals surface area (Å²) in [5.41, 5.74) is 6.48. The summed E-state index contributed by atoms with van der Waals surface area (Å²) in [5, 5.41) is 26.2. The minimum Gasteiger partial charge on any atom is -0.508 e. The van der Waals surface area contributed by atoms with E-state index in [1.807, 2.05) is 20.1 Å². The van der Waals surface area contributed by atoms with E-state index in [1.54, 1.807) is 23.9 Å². The van der Waals surface area contributed by atoms with Crippen LogP contribution in [0.4, 0.5) is 0 Å². The second kappa shape index (κ2) is 14.4. The summed E-state index contributed by atoms with van der Waals surface area (Å²) in [5.74, 6) is -2.04. The predicted molar refractivity (Wildman–Crippen MR) is 127 cm³/mol. The molecule has 1 aromatic rings. The van der Waals surface area contributed by atoms with E-state index in [0.717, 1.165) is 0 Å². The molecule has 0 heterocycles. The third-order valence-electron chi connectivity index (χ3n) is 4.74. The minimum atomic E-state index is -1.23. The predicted octanol–water partition coefficient (Wildman–Crippen LogP) is 0.232. The van der Waals surface area contributed by atoms with Crippen LogP contribution in [0.2, 0.25) is 0 Å². The fraction of sp³-hybridized carbons (Fsp3) is 0.545. The van der Waals surface area contributed by atoms with Crippen molar-refractivity contribution in [1.82, 2.24) is 16.0 Å². The Balaban J connectivity index is 2.66. The molecule has 0 spiro atoms. The highest BCUT2D eigenvalue weighted by atomic mass is 32.2. The van der Waals surface area contributed by atoms with E-state index in [2.05, 4.69) is 16.0 Å². The molecule has 33 heavy (non-hydrogen) atoms. The third kappa shape index (κ3) is 11.1. The molecule has 0 saturated carbocycles. The first kappa shape index (κ1) is 28.2. The Hall–Kier alpha value is -2.79. The number of nitrogens with one attached hydrogen (secondary N) is 3. The van der Waals surface area contributed by atoms with Crippen molar-refractivity contribution in [3.63, 3.8) is 0 Å². The van der Waals surface area contributed by atoms with E-state index in [4.69, 9.17) is 5.73 Å². The lowest BCUT2D eigenvalue weighted by Gasteiger charge is -2.22. The van der Waals surface area contributed by atoms with Crippen LogP contribution in [-0.4, -0.2) is 70.6 Å². The molecule has 3 unspecified atom stereocenters. The average molecular weight is 483 g/mol. The first-order valence-corrected chi connectivity index (χ1v) is 12.1. The summed E-state index contributed by atoms with van der Waals surface area (Å²) in [6, 6.07) is 3.15. The average Bonchev–Trinajstić information content (AvgIpc) is 2.75. The molecule has 0 saturated heterocycles. The van der Waals surface area contributed by atoms with Crippen molar-refractivity contribution in [3.8, 4) is 5.75 Å². The fourth-order valence-corrected chi connectivity index (χ4v) is 3.45. The number of hydrogen-bond acceptors (Lipinski definition) is 7. The molecule has 0 aliphatic carbocycles. The van der Waals surface area contributed by atoms with Gasteiger partial charge in [0.25, 0.3) is 0 Å². The molecule has 1 aromatic carbocycles. The number of carboxylic acid groups (broad SMARTS) is 1. The maximum atomic E-state index is 12.6. The van der Waals surface area contributed by atoms with Crippen molar-refractivity contribution in [3.05, 3.63) is 29.8 Å². The number of aromatic hydroxyl groups is 1. The second-order valence-electron chi connectivity index (χ2n) is 8.13. The van der Waals surface area contributed by atoms with Gasteiger partial charge in [0, 0.05) is 6.42 Å². The van der Waals surface area contributed by atoms with Gasteiger partial charge in [-0.25, -0.2) is 4.79 Å². The van der Waals surface area contributed by atoms with Crippen molar-refractivity contribution in [2.24, 2.45) is 11.7 Å². The quantitative estimate of drug-likeness (QED) is 0.219. The molecule has 0 aliphatic heterocycles. The topological polar surface area (TPSA) is 171 Å². The number of phenolic OH excluding ortho intramolecular Hbond substituents is 1. The van der Waals surface area contributed by atoms with Crippen molar-refractivity contribution in [2.75, 3.05) is 18.6 Å². The molecule has 0 aliphatic rings. The zero-order valence-corrected chi connectivity index (χ0v) is 20.0. The van der Waals surface area contributed by atoms with Crippen LogP contribution in [0.25, 0.3) is 0 Å². The van der Waals surface area contributed by atoms with Crippen LogP contribution in [-0.2, 0) is 25.6 Å². The molecule has 3 atom stereocenters. The number of thioether (sulfide) groups is 1. The van der Waals surface area contributed by atoms with E-state index >= 15 is 0 Å². The van der Waals surface area contributed by atoms with Gasteiger partial charge in [-0.15, -0.1) is 0 Å². The Bertz CT molecular complexity index is 803. The van der Waals surface area contributed by atoms with Gasteiger partial charge >= 0.3 is 5.97 Å². The van der Waals surface area contributed by atoms with Crippen LogP contribution in [0.3, 0.4) is 0 Å². The van der Waals surface area contributed by atoms with Gasteiger partial charge in [-0.1, -0.05) is 26.0 Å². The van der Waals surface area contributed by atoms with Crippen molar-refractivity contribution < 1.29 is 29.4 Å². The molecule has 0 aromatic heterocycles. The van der Waals surface area contributed by atoms with E-state index < -0.39 is 48.4 Å². The second-order valence-corrected chi connectivity index (χ2v) is 9.11. The van der Waals surface area contributed by atoms with Gasteiger partial charge in [-0.2, -0.15) is 11.8 Å². The highest BCUT2D eigenvalue weighted by Crippen LogP contribution is 2.11. The van der Waals surface area contributed by atoms with Gasteiger partial charge in [0.1, 0.15) is 17.8 Å². The van der Waals surface area contributed by atoms with Crippen LogP contribution >= 0.6 is 11.8 Å². The summed E-state index contributed by atoms with van der Waals surface area (Å²) in [7, 11) is 0. The SMILES string of the molecule is CSCCC(N)C(=O)NC(CC(C)C)C(=O)NCC(=O)NC(Cc1ccc(O)cc1)C(=O)O. The molecule has 0 fully saturated rings. The zero-order valence-electron chi connectivity index (χ0n) is 19.2. The minimum absolute atomic E-state index is 0.00919. The molecule has 7 N–H and O–H groups in total. The van der Waals surface area contributed by atoms with E-state index in [-0.39, 0.29) is 18.1 Å². The summed E-state index contributed by atoms with van der Waals surface area (Å²) < 4.78 is 0. The molecule has 3 amide bonds. The lowest BCUT2D eigenvalue weighted by molar-refractivity contribution is -0.141. The first-order chi connectivity index (χ1) is 15.5. The molecule has 11 heteroatoms. The zero-order chi connectivity index (χ0) is 25.0. The largest absolute Gasteiger partial charge is 0.508 e. The number of aliphatic carboxylic acids is 1. The van der Waals surface area contributed by atoms with Crippen LogP contribution in [0.1, 0.15) is 32.3 Å². The number of benzene rings is 1. The van der Waals surface area contributed by atoms with Crippen LogP contribution in [0, 0.1) is 5.92 Å². The van der Waals surface area contributed by atoms with Gasteiger partial charge < -0.3 is 31.9 Å². The van der Waals surface area contributed by atoms with Crippen molar-refractivity contribution in [2.45, 2.75) is 51.2 Å². The smallest absolute Gasteiger partial charge is 0.326 e. The summed E-state index contributed by atoms with van der Waals surface area (Å²) in [6.45, 7) is 3.35. The van der Waals surface area contributed by atoms with Crippen LogP contribution in [0.5, 0.6) is 5.75 Å². The third-order valence-corrected chi connectivity index (χ3v) is 5.39. The summed E-state index contributed by atoms with van der Waals surface area (Å²) in [6.07, 6.45) is 2.75. The monoisotopic (exact) mass is 482 g/mol. The van der Waals surface area contributed by atoms with Gasteiger partial charge in [-0.3, -0.25) is 14.4 Å². The Kier molecular flexibility index (Phi) is 12.3. The number of carbonyl (C=O) groups excluding carboxylic acids is 3. The summed E-state index contributed by atoms with van der Waals surface area (Å²) >= 11 is 1.57. The molecule has 0 bridgehead atoms. The number of hydrogen-bond donors (Lipinski definition) is 6. The maximum absolute atomic E-state index is 12.6. The van der Waals surface area contributed by atoms with E-state index in [1.165, 1.54) is 12.1 Å². The fourth-order valence-electron chi connectivity index (χ4n) is 2.96. The Morgan fingerprint density at radius 1 is 1.03 bits per heavy atom. The Morgan fingerprint density at radius 3 is 2.21 bits per heavy atom. The Morgan fingerprint density at radius 2 is 1.67 bits per heavy atom. The maximum Gasteiger partial charge on any atom is 0.326 e. The molecule has 1 rings (SSSR count). The molecule has 10 nitrogen and oxygen atoms in total. The van der Waals surface area contributed by atoms with Crippen molar-refractivity contribution >= 4 is 35.5 Å². The normalized spacial score (nSPS) is 13.6. The van der Waals surface area contributed by atoms with Gasteiger partial charge in [0.2, 0.25) is 17.7 Å². The lowest BCUT2D eigenvalue weighted by atomic mass is 10.0. The molecular formula is C22H34N4O6S. The standard InChI is InChI=1S/C22H34N4O6S/c1-13(2)10-17(26-20(29)16(23)8-9-33-3)21(30)24-12-19(28)25-18(22(31)32)11-14-4-6-15(27)7-5-14/h4-7,13,16-18,27H,8-12,23H2,1-3H3,(H,24,30)(H,25,28)(H,26,29)(H,31,32). The number of nitrogens with two attached hydrogens (primary N) is 1. The van der Waals surface area contributed by atoms with E-state index in [9.17, 15) is 29.4 Å². The number of carboxylic acids is 1. The first-order valence-electron chi connectivity index (χ1n) is 10.7. The number of rotatable bonds is 14. The number of phenols is 1. The molecule has 184 valence electrons. The highest BCUT2D eigenvalue weighted by Gasteiger charge is 2.26. The lowest BCUT2D eigenvalue weighted by Crippen LogP contribution is -2.54. The van der Waals surface area contributed by atoms with Crippen molar-refractivity contribution in [1.29, 1.82) is 0 Å². The van der Waals surface area contributed by atoms with Crippen LogP contribution in [0.15, 0.2) is 24.3 Å².